The Kier molecular flexibility index (Phi) is 4.69. The van der Waals surface area contributed by atoms with Gasteiger partial charge in [0.25, 0.3) is 5.56 Å². The zero-order valence-corrected chi connectivity index (χ0v) is 17.2. The number of aryl methyl sites for hydroxylation is 2. The monoisotopic (exact) mass is 400 g/mol. The summed E-state index contributed by atoms with van der Waals surface area (Å²) in [5.41, 5.74) is 2.75. The van der Waals surface area contributed by atoms with Crippen molar-refractivity contribution in [1.82, 2.24) is 19.9 Å². The van der Waals surface area contributed by atoms with Crippen LogP contribution >= 0.6 is 23.1 Å². The Bertz CT molecular complexity index is 1190. The van der Waals surface area contributed by atoms with E-state index in [-0.39, 0.29) is 10.8 Å². The molecule has 27 heavy (non-hydrogen) atoms. The number of H-pyrrole nitrogens is 2. The normalized spacial score (nSPS) is 12.7. The molecule has 4 rings (SSSR count). The quantitative estimate of drug-likeness (QED) is 0.473. The van der Waals surface area contributed by atoms with Crippen LogP contribution in [0.1, 0.15) is 35.4 Å². The summed E-state index contributed by atoms with van der Waals surface area (Å²) >= 11 is 3.10. The SMILES string of the molecule is CCOc1ccc2nc(SC(C)c3nc4sc(C)c(C)c4c(=O)[nH]3)[nH]c2c1. The van der Waals surface area contributed by atoms with Gasteiger partial charge in [0.2, 0.25) is 0 Å². The van der Waals surface area contributed by atoms with Crippen LogP contribution in [0.3, 0.4) is 0 Å². The third kappa shape index (κ3) is 3.35. The number of rotatable bonds is 5. The smallest absolute Gasteiger partial charge is 0.259 e. The van der Waals surface area contributed by atoms with Gasteiger partial charge in [0, 0.05) is 10.9 Å². The number of thioether (sulfide) groups is 1. The van der Waals surface area contributed by atoms with E-state index < -0.39 is 0 Å². The molecule has 6 nitrogen and oxygen atoms in total. The van der Waals surface area contributed by atoms with Crippen LogP contribution in [0.25, 0.3) is 21.3 Å². The minimum Gasteiger partial charge on any atom is -0.494 e. The molecule has 0 bridgehead atoms. The van der Waals surface area contributed by atoms with Gasteiger partial charge in [-0.1, -0.05) is 11.8 Å². The summed E-state index contributed by atoms with van der Waals surface area (Å²) in [5, 5.41) is 1.44. The average molecular weight is 401 g/mol. The van der Waals surface area contributed by atoms with E-state index in [1.165, 1.54) is 11.8 Å². The van der Waals surface area contributed by atoms with Crippen LogP contribution in [0.4, 0.5) is 0 Å². The molecule has 3 heterocycles. The van der Waals surface area contributed by atoms with E-state index in [2.05, 4.69) is 19.9 Å². The Morgan fingerprint density at radius 3 is 2.85 bits per heavy atom. The van der Waals surface area contributed by atoms with Gasteiger partial charge < -0.3 is 14.7 Å². The molecule has 0 spiro atoms. The number of aromatic amines is 2. The average Bonchev–Trinajstić information content (AvgIpc) is 3.15. The Balaban J connectivity index is 1.63. The van der Waals surface area contributed by atoms with Gasteiger partial charge in [-0.2, -0.15) is 0 Å². The van der Waals surface area contributed by atoms with E-state index in [0.29, 0.717) is 17.8 Å². The van der Waals surface area contributed by atoms with Crippen LogP contribution in [0.15, 0.2) is 28.2 Å². The highest BCUT2D eigenvalue weighted by Crippen LogP contribution is 2.34. The molecule has 1 unspecified atom stereocenters. The minimum atomic E-state index is -0.0738. The highest BCUT2D eigenvalue weighted by Gasteiger charge is 2.17. The first-order valence-electron chi connectivity index (χ1n) is 8.75. The van der Waals surface area contributed by atoms with Crippen molar-refractivity contribution >= 4 is 44.3 Å². The number of fused-ring (bicyclic) bond motifs is 2. The highest BCUT2D eigenvalue weighted by atomic mass is 32.2. The Labute approximate surface area is 164 Å². The second-order valence-electron chi connectivity index (χ2n) is 6.33. The molecule has 0 radical (unpaired) electrons. The lowest BCUT2D eigenvalue weighted by molar-refractivity contribution is 0.340. The number of hydrogen-bond donors (Lipinski definition) is 2. The molecule has 0 fully saturated rings. The van der Waals surface area contributed by atoms with Gasteiger partial charge in [0.15, 0.2) is 5.16 Å². The van der Waals surface area contributed by atoms with Gasteiger partial charge in [0.1, 0.15) is 16.4 Å². The molecule has 0 aliphatic heterocycles. The largest absolute Gasteiger partial charge is 0.494 e. The van der Waals surface area contributed by atoms with Crippen LogP contribution < -0.4 is 10.3 Å². The Morgan fingerprint density at radius 1 is 1.26 bits per heavy atom. The maximum atomic E-state index is 12.5. The summed E-state index contributed by atoms with van der Waals surface area (Å²) in [7, 11) is 0. The summed E-state index contributed by atoms with van der Waals surface area (Å²) < 4.78 is 5.54. The highest BCUT2D eigenvalue weighted by molar-refractivity contribution is 7.99. The molecule has 140 valence electrons. The summed E-state index contributed by atoms with van der Waals surface area (Å²) in [6.45, 7) is 8.58. The molecule has 4 aromatic rings. The van der Waals surface area contributed by atoms with Crippen molar-refractivity contribution < 1.29 is 4.74 Å². The van der Waals surface area contributed by atoms with E-state index in [1.54, 1.807) is 11.3 Å². The lowest BCUT2D eigenvalue weighted by Gasteiger charge is -2.08. The van der Waals surface area contributed by atoms with Crippen molar-refractivity contribution in [2.24, 2.45) is 0 Å². The first-order chi connectivity index (χ1) is 13.0. The third-order valence-corrected chi connectivity index (χ3v) is 6.57. The molecule has 0 saturated carbocycles. The predicted octanol–water partition coefficient (Wildman–Crippen LogP) is 4.73. The van der Waals surface area contributed by atoms with E-state index in [4.69, 9.17) is 4.74 Å². The van der Waals surface area contributed by atoms with Gasteiger partial charge in [-0.25, -0.2) is 9.97 Å². The number of imidazole rings is 1. The molecule has 8 heteroatoms. The van der Waals surface area contributed by atoms with Crippen LogP contribution in [-0.2, 0) is 0 Å². The van der Waals surface area contributed by atoms with Crippen LogP contribution in [0, 0.1) is 13.8 Å². The summed E-state index contributed by atoms with van der Waals surface area (Å²) in [4.78, 5) is 30.0. The first kappa shape index (κ1) is 18.1. The van der Waals surface area contributed by atoms with E-state index in [9.17, 15) is 4.79 Å². The van der Waals surface area contributed by atoms with Crippen molar-refractivity contribution in [2.45, 2.75) is 38.1 Å². The number of hydrogen-bond acceptors (Lipinski definition) is 6. The molecular weight excluding hydrogens is 380 g/mol. The molecule has 0 aliphatic rings. The van der Waals surface area contributed by atoms with Gasteiger partial charge in [-0.15, -0.1) is 11.3 Å². The lowest BCUT2D eigenvalue weighted by Crippen LogP contribution is -2.12. The molecule has 0 saturated heterocycles. The Morgan fingerprint density at radius 2 is 2.07 bits per heavy atom. The van der Waals surface area contributed by atoms with Gasteiger partial charge in [0.05, 0.1) is 28.3 Å². The second-order valence-corrected chi connectivity index (χ2v) is 8.86. The fourth-order valence-corrected chi connectivity index (χ4v) is 4.88. The number of benzene rings is 1. The lowest BCUT2D eigenvalue weighted by atomic mass is 10.2. The maximum absolute atomic E-state index is 12.5. The van der Waals surface area contributed by atoms with E-state index >= 15 is 0 Å². The third-order valence-electron chi connectivity index (χ3n) is 4.47. The fourth-order valence-electron chi connectivity index (χ4n) is 2.96. The van der Waals surface area contributed by atoms with E-state index in [0.717, 1.165) is 37.2 Å². The molecule has 2 N–H and O–H groups in total. The van der Waals surface area contributed by atoms with Crippen molar-refractivity contribution in [2.75, 3.05) is 6.61 Å². The second kappa shape index (κ2) is 7.01. The van der Waals surface area contributed by atoms with Crippen molar-refractivity contribution in [3.63, 3.8) is 0 Å². The molecular formula is C19H20N4O2S2. The maximum Gasteiger partial charge on any atom is 0.259 e. The van der Waals surface area contributed by atoms with Crippen LogP contribution in [0.5, 0.6) is 5.75 Å². The fraction of sp³-hybridized carbons (Fsp3) is 0.316. The van der Waals surface area contributed by atoms with Crippen LogP contribution in [-0.4, -0.2) is 26.5 Å². The van der Waals surface area contributed by atoms with Gasteiger partial charge >= 0.3 is 0 Å². The van der Waals surface area contributed by atoms with E-state index in [1.807, 2.05) is 45.9 Å². The molecule has 1 aromatic carbocycles. The zero-order valence-electron chi connectivity index (χ0n) is 15.5. The van der Waals surface area contributed by atoms with Gasteiger partial charge in [-0.3, -0.25) is 4.79 Å². The van der Waals surface area contributed by atoms with Gasteiger partial charge in [-0.05, 0) is 45.4 Å². The molecule has 0 aliphatic carbocycles. The van der Waals surface area contributed by atoms with Crippen LogP contribution in [0.2, 0.25) is 0 Å². The number of nitrogens with zero attached hydrogens (tertiary/aromatic N) is 2. The topological polar surface area (TPSA) is 83.7 Å². The van der Waals surface area contributed by atoms with Crippen molar-refractivity contribution in [3.8, 4) is 5.75 Å². The first-order valence-corrected chi connectivity index (χ1v) is 10.4. The number of ether oxygens (including phenoxy) is 1. The minimum absolute atomic E-state index is 0.0447. The van der Waals surface area contributed by atoms with Crippen molar-refractivity contribution in [1.29, 1.82) is 0 Å². The number of aromatic nitrogens is 4. The molecule has 3 aromatic heterocycles. The van der Waals surface area contributed by atoms with Crippen molar-refractivity contribution in [3.05, 3.63) is 44.8 Å². The summed E-state index contributed by atoms with van der Waals surface area (Å²) in [5.74, 6) is 1.48. The molecule has 0 amide bonds. The Hall–Kier alpha value is -2.32. The predicted molar refractivity (Wildman–Crippen MR) is 111 cm³/mol. The number of thiophene rings is 1. The summed E-state index contributed by atoms with van der Waals surface area (Å²) in [6.07, 6.45) is 0. The summed E-state index contributed by atoms with van der Waals surface area (Å²) in [6, 6.07) is 5.80. The molecule has 1 atom stereocenters. The number of nitrogens with one attached hydrogen (secondary N) is 2. The standard InChI is InChI=1S/C19H20N4O2S2/c1-5-25-12-6-7-13-14(8-12)21-19(20-13)27-11(4)16-22-17(24)15-9(2)10(3)26-18(15)23-16/h6-8,11H,5H2,1-4H3,(H,20,21)(H,22,23,24). The zero-order chi connectivity index (χ0) is 19.1.